The van der Waals surface area contributed by atoms with Crippen LogP contribution in [0.15, 0.2) is 36.5 Å². The lowest BCUT2D eigenvalue weighted by molar-refractivity contribution is -0.147. The number of methoxy groups -OCH3 is 2. The number of fused-ring (bicyclic) bond motifs is 1. The highest BCUT2D eigenvalue weighted by atomic mass is 19.4. The molecule has 0 aliphatic carbocycles. The summed E-state index contributed by atoms with van der Waals surface area (Å²) in [4.78, 5) is 19.8. The van der Waals surface area contributed by atoms with Crippen molar-refractivity contribution in [1.82, 2.24) is 19.9 Å². The summed E-state index contributed by atoms with van der Waals surface area (Å²) in [5, 5.41) is 5.24. The van der Waals surface area contributed by atoms with E-state index in [-0.39, 0.29) is 30.7 Å². The Balaban J connectivity index is 1.61. The van der Waals surface area contributed by atoms with Crippen molar-refractivity contribution in [1.29, 1.82) is 0 Å². The number of carbonyl (C=O) groups is 1. The molecule has 3 rings (SSSR count). The second-order valence-electron chi connectivity index (χ2n) is 6.23. The van der Waals surface area contributed by atoms with Gasteiger partial charge in [0.1, 0.15) is 17.0 Å². The van der Waals surface area contributed by atoms with Gasteiger partial charge in [0.05, 0.1) is 19.9 Å². The third-order valence-corrected chi connectivity index (χ3v) is 4.26. The van der Waals surface area contributed by atoms with Crippen LogP contribution in [0, 0.1) is 0 Å². The molecule has 0 atom stereocenters. The number of aromatic nitrogens is 3. The standard InChI is InChI=1S/C19H20F3N5O3/c1-29-12-6-7-15(30-2)14(11-12)26-18(28)24-9-4-10-27-16-13(5-3-8-23-16)25-17(27)19(20,21)22/h3,5-8,11H,4,9-10H2,1-2H3,(H2,24,26,28). The van der Waals surface area contributed by atoms with Gasteiger partial charge in [-0.3, -0.25) is 0 Å². The summed E-state index contributed by atoms with van der Waals surface area (Å²) in [5.41, 5.74) is 0.717. The van der Waals surface area contributed by atoms with E-state index in [0.29, 0.717) is 17.2 Å². The van der Waals surface area contributed by atoms with Gasteiger partial charge < -0.3 is 24.7 Å². The number of hydrogen-bond acceptors (Lipinski definition) is 5. The van der Waals surface area contributed by atoms with Crippen LogP contribution >= 0.6 is 0 Å². The summed E-state index contributed by atoms with van der Waals surface area (Å²) in [6.45, 7) is 0.132. The maximum Gasteiger partial charge on any atom is 0.449 e. The van der Waals surface area contributed by atoms with E-state index >= 15 is 0 Å². The molecule has 0 aliphatic heterocycles. The number of halogens is 3. The smallest absolute Gasteiger partial charge is 0.449 e. The zero-order valence-electron chi connectivity index (χ0n) is 16.3. The Morgan fingerprint density at radius 1 is 1.20 bits per heavy atom. The number of rotatable bonds is 7. The number of benzene rings is 1. The zero-order chi connectivity index (χ0) is 21.7. The predicted octanol–water partition coefficient (Wildman–Crippen LogP) is 3.68. The molecule has 2 amide bonds. The van der Waals surface area contributed by atoms with Crippen molar-refractivity contribution in [3.63, 3.8) is 0 Å². The van der Waals surface area contributed by atoms with Gasteiger partial charge in [-0.25, -0.2) is 14.8 Å². The topological polar surface area (TPSA) is 90.3 Å². The molecule has 1 aromatic carbocycles. The van der Waals surface area contributed by atoms with Gasteiger partial charge in [-0.2, -0.15) is 13.2 Å². The minimum Gasteiger partial charge on any atom is -0.497 e. The van der Waals surface area contributed by atoms with Gasteiger partial charge >= 0.3 is 12.2 Å². The van der Waals surface area contributed by atoms with Crippen LogP contribution in [0.3, 0.4) is 0 Å². The lowest BCUT2D eigenvalue weighted by Crippen LogP contribution is -2.30. The zero-order valence-corrected chi connectivity index (χ0v) is 16.3. The Morgan fingerprint density at radius 3 is 2.70 bits per heavy atom. The van der Waals surface area contributed by atoms with Crippen molar-refractivity contribution in [3.8, 4) is 11.5 Å². The number of amides is 2. The molecule has 8 nitrogen and oxygen atoms in total. The van der Waals surface area contributed by atoms with E-state index in [4.69, 9.17) is 9.47 Å². The highest BCUT2D eigenvalue weighted by Crippen LogP contribution is 2.31. The van der Waals surface area contributed by atoms with Gasteiger partial charge in [-0.05, 0) is 30.7 Å². The normalized spacial score (nSPS) is 11.4. The fourth-order valence-corrected chi connectivity index (χ4v) is 2.90. The van der Waals surface area contributed by atoms with E-state index in [9.17, 15) is 18.0 Å². The van der Waals surface area contributed by atoms with Crippen molar-refractivity contribution in [2.45, 2.75) is 19.1 Å². The molecule has 0 aliphatic rings. The molecule has 3 aromatic rings. The van der Waals surface area contributed by atoms with Crippen molar-refractivity contribution in [2.75, 3.05) is 26.1 Å². The quantitative estimate of drug-likeness (QED) is 0.566. The van der Waals surface area contributed by atoms with E-state index in [1.165, 1.54) is 32.5 Å². The largest absolute Gasteiger partial charge is 0.497 e. The van der Waals surface area contributed by atoms with E-state index in [1.54, 1.807) is 18.2 Å². The fourth-order valence-electron chi connectivity index (χ4n) is 2.90. The van der Waals surface area contributed by atoms with Crippen molar-refractivity contribution >= 4 is 22.9 Å². The van der Waals surface area contributed by atoms with Gasteiger partial charge in [0.15, 0.2) is 5.65 Å². The van der Waals surface area contributed by atoms with E-state index in [0.717, 1.165) is 4.57 Å². The third-order valence-electron chi connectivity index (χ3n) is 4.26. The molecule has 160 valence electrons. The van der Waals surface area contributed by atoms with Crippen LogP contribution in [0.25, 0.3) is 11.2 Å². The van der Waals surface area contributed by atoms with Gasteiger partial charge in [-0.1, -0.05) is 0 Å². The maximum absolute atomic E-state index is 13.3. The average molecular weight is 423 g/mol. The molecule has 2 heterocycles. The van der Waals surface area contributed by atoms with Crippen molar-refractivity contribution in [2.24, 2.45) is 0 Å². The Kier molecular flexibility index (Phi) is 6.28. The Bertz CT molecular complexity index is 1040. The Labute approximate surface area is 170 Å². The number of nitrogens with one attached hydrogen (secondary N) is 2. The predicted molar refractivity (Wildman–Crippen MR) is 104 cm³/mol. The van der Waals surface area contributed by atoms with Gasteiger partial charge in [0, 0.05) is 25.4 Å². The number of nitrogens with zero attached hydrogens (tertiary/aromatic N) is 3. The van der Waals surface area contributed by atoms with Crippen molar-refractivity contribution < 1.29 is 27.4 Å². The molecule has 0 saturated carbocycles. The van der Waals surface area contributed by atoms with Gasteiger partial charge in [0.25, 0.3) is 0 Å². The minimum atomic E-state index is -4.60. The number of imidazole rings is 1. The first-order valence-corrected chi connectivity index (χ1v) is 8.99. The number of ether oxygens (including phenoxy) is 2. The molecule has 0 bridgehead atoms. The minimum absolute atomic E-state index is 0.00881. The van der Waals surface area contributed by atoms with Crippen LogP contribution in [0.4, 0.5) is 23.7 Å². The van der Waals surface area contributed by atoms with Crippen LogP contribution in [0.5, 0.6) is 11.5 Å². The Hall–Kier alpha value is -3.50. The van der Waals surface area contributed by atoms with E-state index in [1.807, 2.05) is 0 Å². The number of pyridine rings is 1. The average Bonchev–Trinajstić information content (AvgIpc) is 3.10. The number of alkyl halides is 3. The number of carbonyl (C=O) groups excluding carboxylic acids is 1. The van der Waals surface area contributed by atoms with Gasteiger partial charge in [-0.15, -0.1) is 0 Å². The first-order chi connectivity index (χ1) is 14.3. The van der Waals surface area contributed by atoms with Gasteiger partial charge in [0.2, 0.25) is 5.82 Å². The second-order valence-corrected chi connectivity index (χ2v) is 6.23. The molecular formula is C19H20F3N5O3. The molecule has 0 radical (unpaired) electrons. The molecule has 11 heteroatoms. The lowest BCUT2D eigenvalue weighted by Gasteiger charge is -2.13. The van der Waals surface area contributed by atoms with Crippen LogP contribution in [0.1, 0.15) is 12.2 Å². The fraction of sp³-hybridized carbons (Fsp3) is 0.316. The molecule has 0 saturated heterocycles. The molecule has 0 fully saturated rings. The molecular weight excluding hydrogens is 403 g/mol. The molecule has 2 aromatic heterocycles. The maximum atomic E-state index is 13.3. The number of anilines is 1. The Morgan fingerprint density at radius 2 is 2.00 bits per heavy atom. The summed E-state index contributed by atoms with van der Waals surface area (Å²) in [5.74, 6) is -0.0382. The third kappa shape index (κ3) is 4.73. The monoisotopic (exact) mass is 423 g/mol. The number of urea groups is 1. The molecule has 30 heavy (non-hydrogen) atoms. The highest BCUT2D eigenvalue weighted by molar-refractivity contribution is 5.91. The number of aryl methyl sites for hydroxylation is 1. The van der Waals surface area contributed by atoms with Crippen LogP contribution in [-0.2, 0) is 12.7 Å². The van der Waals surface area contributed by atoms with Crippen LogP contribution in [-0.4, -0.2) is 41.3 Å². The second kappa shape index (κ2) is 8.89. The number of hydrogen-bond donors (Lipinski definition) is 2. The summed E-state index contributed by atoms with van der Waals surface area (Å²) < 4.78 is 51.2. The summed E-state index contributed by atoms with van der Waals surface area (Å²) in [7, 11) is 2.96. The van der Waals surface area contributed by atoms with Crippen LogP contribution in [0.2, 0.25) is 0 Å². The van der Waals surface area contributed by atoms with E-state index in [2.05, 4.69) is 20.6 Å². The van der Waals surface area contributed by atoms with Crippen molar-refractivity contribution in [3.05, 3.63) is 42.4 Å². The first-order valence-electron chi connectivity index (χ1n) is 8.99. The molecule has 0 unspecified atom stereocenters. The summed E-state index contributed by atoms with van der Waals surface area (Å²) in [6, 6.07) is 7.40. The van der Waals surface area contributed by atoms with Crippen LogP contribution < -0.4 is 20.1 Å². The molecule has 2 N–H and O–H groups in total. The lowest BCUT2D eigenvalue weighted by atomic mass is 10.2. The SMILES string of the molecule is COc1ccc(OC)c(NC(=O)NCCCn2c(C(F)(F)F)nc3cccnc32)c1. The molecule has 0 spiro atoms. The summed E-state index contributed by atoms with van der Waals surface area (Å²) >= 11 is 0. The first kappa shape index (κ1) is 21.2. The van der Waals surface area contributed by atoms with E-state index < -0.39 is 18.0 Å². The highest BCUT2D eigenvalue weighted by Gasteiger charge is 2.37. The summed E-state index contributed by atoms with van der Waals surface area (Å²) in [6.07, 6.45) is -2.95.